The van der Waals surface area contributed by atoms with Gasteiger partial charge in [0.05, 0.1) is 5.56 Å². The largest absolute Gasteiger partial charge is 0.416 e. The summed E-state index contributed by atoms with van der Waals surface area (Å²) in [6.07, 6.45) is -4.47. The molecule has 0 aliphatic carbocycles. The Balaban J connectivity index is 2.24. The lowest BCUT2D eigenvalue weighted by Gasteiger charge is -2.30. The molecule has 0 aliphatic heterocycles. The van der Waals surface area contributed by atoms with Crippen LogP contribution in [0.25, 0.3) is 0 Å². The van der Waals surface area contributed by atoms with Crippen molar-refractivity contribution < 1.29 is 18.3 Å². The Bertz CT molecular complexity index is 772. The standard InChI is InChI=1S/C20H15F3O/c21-20(22,23)18-13-7-12-17(14-18)19(24,15-8-3-1-4-9-15)16-10-5-2-6-11-16/h1-14,24H. The molecule has 0 spiro atoms. The zero-order chi connectivity index (χ0) is 17.2. The van der Waals surface area contributed by atoms with Gasteiger partial charge in [-0.05, 0) is 28.8 Å². The second-order valence-electron chi connectivity index (χ2n) is 5.52. The fourth-order valence-corrected chi connectivity index (χ4v) is 2.78. The predicted molar refractivity (Wildman–Crippen MR) is 86.4 cm³/mol. The number of hydrogen-bond acceptors (Lipinski definition) is 1. The number of halogens is 3. The van der Waals surface area contributed by atoms with E-state index in [4.69, 9.17) is 0 Å². The Morgan fingerprint density at radius 3 is 1.42 bits per heavy atom. The van der Waals surface area contributed by atoms with Gasteiger partial charge in [0.25, 0.3) is 0 Å². The molecule has 0 bridgehead atoms. The highest BCUT2D eigenvalue weighted by Crippen LogP contribution is 2.39. The summed E-state index contributed by atoms with van der Waals surface area (Å²) in [7, 11) is 0. The molecule has 0 atom stereocenters. The van der Waals surface area contributed by atoms with Crippen LogP contribution in [0.3, 0.4) is 0 Å². The van der Waals surface area contributed by atoms with Crippen LogP contribution in [0.2, 0.25) is 0 Å². The van der Waals surface area contributed by atoms with Gasteiger partial charge in [-0.15, -0.1) is 0 Å². The average Bonchev–Trinajstić information content (AvgIpc) is 2.62. The third-order valence-electron chi connectivity index (χ3n) is 3.99. The molecule has 24 heavy (non-hydrogen) atoms. The first kappa shape index (κ1) is 16.3. The van der Waals surface area contributed by atoms with Gasteiger partial charge in [-0.25, -0.2) is 0 Å². The van der Waals surface area contributed by atoms with Crippen molar-refractivity contribution in [2.75, 3.05) is 0 Å². The topological polar surface area (TPSA) is 20.2 Å². The van der Waals surface area contributed by atoms with Crippen LogP contribution >= 0.6 is 0 Å². The van der Waals surface area contributed by atoms with Crippen molar-refractivity contribution in [3.8, 4) is 0 Å². The Hall–Kier alpha value is -2.59. The minimum absolute atomic E-state index is 0.176. The zero-order valence-corrected chi connectivity index (χ0v) is 12.7. The minimum atomic E-state index is -4.47. The van der Waals surface area contributed by atoms with Gasteiger partial charge in [-0.2, -0.15) is 13.2 Å². The zero-order valence-electron chi connectivity index (χ0n) is 12.7. The Labute approximate surface area is 138 Å². The van der Waals surface area contributed by atoms with E-state index in [1.807, 2.05) is 0 Å². The smallest absolute Gasteiger partial charge is 0.376 e. The van der Waals surface area contributed by atoms with Gasteiger partial charge >= 0.3 is 6.18 Å². The van der Waals surface area contributed by atoms with Crippen molar-refractivity contribution in [3.63, 3.8) is 0 Å². The lowest BCUT2D eigenvalue weighted by molar-refractivity contribution is -0.137. The summed E-state index contributed by atoms with van der Waals surface area (Å²) in [5.74, 6) is 0. The first-order valence-electron chi connectivity index (χ1n) is 7.43. The van der Waals surface area contributed by atoms with Crippen molar-refractivity contribution in [3.05, 3.63) is 107 Å². The quantitative estimate of drug-likeness (QED) is 0.672. The molecule has 0 radical (unpaired) electrons. The fraction of sp³-hybridized carbons (Fsp3) is 0.100. The van der Waals surface area contributed by atoms with E-state index in [0.717, 1.165) is 12.1 Å². The van der Waals surface area contributed by atoms with Crippen LogP contribution in [-0.4, -0.2) is 5.11 Å². The van der Waals surface area contributed by atoms with Crippen LogP contribution in [0, 0.1) is 0 Å². The summed E-state index contributed by atoms with van der Waals surface area (Å²) < 4.78 is 39.2. The molecule has 122 valence electrons. The first-order valence-corrected chi connectivity index (χ1v) is 7.43. The predicted octanol–water partition coefficient (Wildman–Crippen LogP) is 4.99. The van der Waals surface area contributed by atoms with Crippen molar-refractivity contribution in [2.45, 2.75) is 11.8 Å². The molecule has 0 aromatic heterocycles. The Kier molecular flexibility index (Phi) is 4.16. The lowest BCUT2D eigenvalue weighted by Crippen LogP contribution is -2.29. The van der Waals surface area contributed by atoms with Crippen LogP contribution in [-0.2, 0) is 11.8 Å². The monoisotopic (exact) mass is 328 g/mol. The van der Waals surface area contributed by atoms with E-state index < -0.39 is 17.3 Å². The summed E-state index contributed by atoms with van der Waals surface area (Å²) in [6.45, 7) is 0. The van der Waals surface area contributed by atoms with Crippen molar-refractivity contribution in [1.82, 2.24) is 0 Å². The number of alkyl halides is 3. The highest BCUT2D eigenvalue weighted by atomic mass is 19.4. The second kappa shape index (κ2) is 6.13. The molecular formula is C20H15F3O. The summed E-state index contributed by atoms with van der Waals surface area (Å²) in [5.41, 5.74) is -1.25. The summed E-state index contributed by atoms with van der Waals surface area (Å²) in [4.78, 5) is 0. The van der Waals surface area contributed by atoms with Crippen LogP contribution < -0.4 is 0 Å². The van der Waals surface area contributed by atoms with Crippen molar-refractivity contribution >= 4 is 0 Å². The molecule has 3 aromatic rings. The summed E-state index contributed by atoms with van der Waals surface area (Å²) in [6, 6.07) is 22.2. The van der Waals surface area contributed by atoms with Gasteiger partial charge in [-0.1, -0.05) is 72.8 Å². The van der Waals surface area contributed by atoms with Gasteiger partial charge in [-0.3, -0.25) is 0 Å². The minimum Gasteiger partial charge on any atom is -0.376 e. The van der Waals surface area contributed by atoms with E-state index in [9.17, 15) is 18.3 Å². The van der Waals surface area contributed by atoms with E-state index in [1.54, 1.807) is 60.7 Å². The Morgan fingerprint density at radius 1 is 0.542 bits per heavy atom. The van der Waals surface area contributed by atoms with Crippen LogP contribution in [0.5, 0.6) is 0 Å². The Morgan fingerprint density at radius 2 is 0.958 bits per heavy atom. The molecular weight excluding hydrogens is 313 g/mol. The SMILES string of the molecule is OC(c1ccccc1)(c1ccccc1)c1cccc(C(F)(F)F)c1. The fourth-order valence-electron chi connectivity index (χ4n) is 2.78. The molecule has 0 aliphatic rings. The summed E-state index contributed by atoms with van der Waals surface area (Å²) in [5, 5.41) is 11.4. The van der Waals surface area contributed by atoms with Gasteiger partial charge in [0.15, 0.2) is 0 Å². The average molecular weight is 328 g/mol. The second-order valence-corrected chi connectivity index (χ2v) is 5.52. The molecule has 3 aromatic carbocycles. The van der Waals surface area contributed by atoms with Crippen molar-refractivity contribution in [2.24, 2.45) is 0 Å². The van der Waals surface area contributed by atoms with Gasteiger partial charge in [0.2, 0.25) is 0 Å². The maximum absolute atomic E-state index is 13.1. The molecule has 0 amide bonds. The highest BCUT2D eigenvalue weighted by Gasteiger charge is 2.37. The van der Waals surface area contributed by atoms with E-state index in [1.165, 1.54) is 12.1 Å². The first-order chi connectivity index (χ1) is 11.4. The lowest BCUT2D eigenvalue weighted by atomic mass is 9.80. The van der Waals surface area contributed by atoms with E-state index >= 15 is 0 Å². The van der Waals surface area contributed by atoms with Gasteiger partial charge in [0.1, 0.15) is 5.60 Å². The van der Waals surface area contributed by atoms with Gasteiger partial charge in [0, 0.05) is 0 Å². The molecule has 3 rings (SSSR count). The van der Waals surface area contributed by atoms with Crippen LogP contribution in [0.1, 0.15) is 22.3 Å². The number of rotatable bonds is 3. The molecule has 0 heterocycles. The molecule has 0 fully saturated rings. The molecule has 0 unspecified atom stereocenters. The third kappa shape index (κ3) is 2.93. The molecule has 0 saturated heterocycles. The maximum atomic E-state index is 13.1. The van der Waals surface area contributed by atoms with Crippen LogP contribution in [0.15, 0.2) is 84.9 Å². The summed E-state index contributed by atoms with van der Waals surface area (Å²) >= 11 is 0. The number of hydrogen-bond donors (Lipinski definition) is 1. The normalized spacial score (nSPS) is 12.2. The number of aliphatic hydroxyl groups is 1. The van der Waals surface area contributed by atoms with E-state index in [2.05, 4.69) is 0 Å². The van der Waals surface area contributed by atoms with Crippen LogP contribution in [0.4, 0.5) is 13.2 Å². The highest BCUT2D eigenvalue weighted by molar-refractivity contribution is 5.47. The van der Waals surface area contributed by atoms with Gasteiger partial charge < -0.3 is 5.11 Å². The number of benzene rings is 3. The third-order valence-corrected chi connectivity index (χ3v) is 3.99. The van der Waals surface area contributed by atoms with E-state index in [-0.39, 0.29) is 5.56 Å². The molecule has 1 nitrogen and oxygen atoms in total. The van der Waals surface area contributed by atoms with Crippen molar-refractivity contribution in [1.29, 1.82) is 0 Å². The van der Waals surface area contributed by atoms with E-state index in [0.29, 0.717) is 11.1 Å². The maximum Gasteiger partial charge on any atom is 0.416 e. The molecule has 1 N–H and O–H groups in total. The molecule has 4 heteroatoms. The molecule has 0 saturated carbocycles.